The Labute approximate surface area is 148 Å². The molecule has 6 heteroatoms. The summed E-state index contributed by atoms with van der Waals surface area (Å²) in [5.41, 5.74) is 1.79. The number of benzene rings is 1. The molecule has 2 heterocycles. The molecule has 2 atom stereocenters. The van der Waals surface area contributed by atoms with Gasteiger partial charge >= 0.3 is 6.03 Å². The van der Waals surface area contributed by atoms with Crippen molar-refractivity contribution in [2.45, 2.75) is 45.3 Å². The number of carbonyl (C=O) groups excluding carboxylic acids is 1. The zero-order valence-corrected chi connectivity index (χ0v) is 15.2. The van der Waals surface area contributed by atoms with Gasteiger partial charge in [0.25, 0.3) is 0 Å². The Hall–Kier alpha value is -1.46. The van der Waals surface area contributed by atoms with E-state index in [4.69, 9.17) is 16.3 Å². The Morgan fingerprint density at radius 2 is 1.83 bits per heavy atom. The van der Waals surface area contributed by atoms with E-state index in [0.717, 1.165) is 24.5 Å². The summed E-state index contributed by atoms with van der Waals surface area (Å²) in [6, 6.07) is 5.68. The minimum Gasteiger partial charge on any atom is -0.372 e. The standard InChI is InChI=1S/C18H26ClN3O2/c1-13-11-22(12-14(2)24-13)18(23)20-15-6-7-17(16(19)10-15)21-8-4-3-5-9-21/h6-7,10,13-14H,3-5,8-9,11-12H2,1-2H3,(H,20,23). The topological polar surface area (TPSA) is 44.8 Å². The van der Waals surface area contributed by atoms with Gasteiger partial charge in [0.15, 0.2) is 0 Å². The molecule has 1 aromatic rings. The highest BCUT2D eigenvalue weighted by atomic mass is 35.5. The maximum absolute atomic E-state index is 12.5. The third-order valence-corrected chi connectivity index (χ3v) is 4.91. The van der Waals surface area contributed by atoms with Gasteiger partial charge in [-0.05, 0) is 51.3 Å². The van der Waals surface area contributed by atoms with Crippen molar-refractivity contribution in [3.8, 4) is 0 Å². The van der Waals surface area contributed by atoms with E-state index in [1.807, 2.05) is 32.0 Å². The predicted molar refractivity (Wildman–Crippen MR) is 98.1 cm³/mol. The molecule has 2 amide bonds. The lowest BCUT2D eigenvalue weighted by Gasteiger charge is -2.35. The Morgan fingerprint density at radius 3 is 2.46 bits per heavy atom. The number of piperidine rings is 1. The third-order valence-electron chi connectivity index (χ3n) is 4.60. The number of hydrogen-bond donors (Lipinski definition) is 1. The molecule has 2 saturated heterocycles. The Balaban J connectivity index is 1.64. The monoisotopic (exact) mass is 351 g/mol. The van der Waals surface area contributed by atoms with Crippen molar-refractivity contribution >= 4 is 29.0 Å². The number of hydrogen-bond acceptors (Lipinski definition) is 3. The van der Waals surface area contributed by atoms with E-state index in [1.165, 1.54) is 19.3 Å². The number of halogens is 1. The van der Waals surface area contributed by atoms with E-state index in [0.29, 0.717) is 18.1 Å². The van der Waals surface area contributed by atoms with Crippen LogP contribution in [0.5, 0.6) is 0 Å². The van der Waals surface area contributed by atoms with Gasteiger partial charge in [0.1, 0.15) is 0 Å². The van der Waals surface area contributed by atoms with Gasteiger partial charge in [-0.3, -0.25) is 0 Å². The molecule has 0 radical (unpaired) electrons. The summed E-state index contributed by atoms with van der Waals surface area (Å²) in [5.74, 6) is 0. The van der Waals surface area contributed by atoms with E-state index in [2.05, 4.69) is 10.2 Å². The van der Waals surface area contributed by atoms with E-state index >= 15 is 0 Å². The van der Waals surface area contributed by atoms with Gasteiger partial charge in [0.2, 0.25) is 0 Å². The van der Waals surface area contributed by atoms with Crippen LogP contribution in [0.15, 0.2) is 18.2 Å². The quantitative estimate of drug-likeness (QED) is 0.876. The third kappa shape index (κ3) is 4.14. The van der Waals surface area contributed by atoms with E-state index in [9.17, 15) is 4.79 Å². The molecule has 0 bridgehead atoms. The van der Waals surface area contributed by atoms with Gasteiger partial charge in [-0.25, -0.2) is 4.79 Å². The number of carbonyl (C=O) groups is 1. The summed E-state index contributed by atoms with van der Waals surface area (Å²) in [6.45, 7) is 7.29. The van der Waals surface area contributed by atoms with Gasteiger partial charge in [-0.15, -0.1) is 0 Å². The highest BCUT2D eigenvalue weighted by molar-refractivity contribution is 6.33. The van der Waals surface area contributed by atoms with E-state index in [1.54, 1.807) is 4.90 Å². The molecule has 0 aliphatic carbocycles. The van der Waals surface area contributed by atoms with Crippen molar-refractivity contribution in [1.29, 1.82) is 0 Å². The average molecular weight is 352 g/mol. The van der Waals surface area contributed by atoms with Crippen molar-refractivity contribution < 1.29 is 9.53 Å². The molecule has 132 valence electrons. The fraction of sp³-hybridized carbons (Fsp3) is 0.611. The van der Waals surface area contributed by atoms with Crippen molar-refractivity contribution in [3.63, 3.8) is 0 Å². The van der Waals surface area contributed by atoms with Gasteiger partial charge < -0.3 is 19.9 Å². The lowest BCUT2D eigenvalue weighted by molar-refractivity contribution is -0.0530. The molecule has 1 N–H and O–H groups in total. The van der Waals surface area contributed by atoms with Crippen LogP contribution in [0.25, 0.3) is 0 Å². The van der Waals surface area contributed by atoms with Crippen molar-refractivity contribution in [2.24, 2.45) is 0 Å². The Bertz CT molecular complexity index is 580. The minimum absolute atomic E-state index is 0.0598. The summed E-state index contributed by atoms with van der Waals surface area (Å²) in [6.07, 6.45) is 3.83. The van der Waals surface area contributed by atoms with E-state index in [-0.39, 0.29) is 18.2 Å². The summed E-state index contributed by atoms with van der Waals surface area (Å²) < 4.78 is 5.67. The highest BCUT2D eigenvalue weighted by Gasteiger charge is 2.26. The molecule has 0 aromatic heterocycles. The van der Waals surface area contributed by atoms with Crippen LogP contribution in [0.4, 0.5) is 16.2 Å². The zero-order chi connectivity index (χ0) is 17.1. The fourth-order valence-electron chi connectivity index (χ4n) is 3.52. The highest BCUT2D eigenvalue weighted by Crippen LogP contribution is 2.31. The first kappa shape index (κ1) is 17.4. The number of amides is 2. The van der Waals surface area contributed by atoms with Crippen LogP contribution in [0.2, 0.25) is 5.02 Å². The van der Waals surface area contributed by atoms with Gasteiger partial charge in [-0.2, -0.15) is 0 Å². The van der Waals surface area contributed by atoms with Crippen molar-refractivity contribution in [3.05, 3.63) is 23.2 Å². The lowest BCUT2D eigenvalue weighted by Crippen LogP contribution is -2.49. The molecule has 0 spiro atoms. The molecule has 1 aromatic carbocycles. The van der Waals surface area contributed by atoms with Crippen molar-refractivity contribution in [1.82, 2.24) is 4.90 Å². The summed E-state index contributed by atoms with van der Waals surface area (Å²) >= 11 is 6.45. The molecule has 2 fully saturated rings. The smallest absolute Gasteiger partial charge is 0.322 e. The molecule has 2 unspecified atom stereocenters. The van der Waals surface area contributed by atoms with Crippen molar-refractivity contribution in [2.75, 3.05) is 36.4 Å². The normalized spacial score (nSPS) is 24.8. The van der Waals surface area contributed by atoms with Crippen LogP contribution in [-0.4, -0.2) is 49.3 Å². The number of nitrogens with one attached hydrogen (secondary N) is 1. The van der Waals surface area contributed by atoms with E-state index < -0.39 is 0 Å². The number of anilines is 2. The van der Waals surface area contributed by atoms with Gasteiger partial charge in [-0.1, -0.05) is 11.6 Å². The van der Waals surface area contributed by atoms with Crippen LogP contribution < -0.4 is 10.2 Å². The number of urea groups is 1. The van der Waals surface area contributed by atoms with Crippen LogP contribution in [0.1, 0.15) is 33.1 Å². The lowest BCUT2D eigenvalue weighted by atomic mass is 10.1. The number of rotatable bonds is 2. The van der Waals surface area contributed by atoms with Gasteiger partial charge in [0.05, 0.1) is 22.9 Å². The Morgan fingerprint density at radius 1 is 1.17 bits per heavy atom. The molecular weight excluding hydrogens is 326 g/mol. The predicted octanol–water partition coefficient (Wildman–Crippen LogP) is 3.97. The summed E-state index contributed by atoms with van der Waals surface area (Å²) in [5, 5.41) is 3.65. The SMILES string of the molecule is CC1CN(C(=O)Nc2ccc(N3CCCCC3)c(Cl)c2)CC(C)O1. The number of nitrogens with zero attached hydrogens (tertiary/aromatic N) is 2. The molecule has 5 nitrogen and oxygen atoms in total. The van der Waals surface area contributed by atoms with Crippen LogP contribution in [-0.2, 0) is 4.74 Å². The maximum Gasteiger partial charge on any atom is 0.322 e. The molecule has 24 heavy (non-hydrogen) atoms. The second kappa shape index (κ2) is 7.62. The maximum atomic E-state index is 12.5. The zero-order valence-electron chi connectivity index (χ0n) is 14.4. The van der Waals surface area contributed by atoms with Crippen LogP contribution >= 0.6 is 11.6 Å². The Kier molecular flexibility index (Phi) is 5.51. The second-order valence-electron chi connectivity index (χ2n) is 6.81. The number of ether oxygens (including phenoxy) is 1. The molecule has 0 saturated carbocycles. The largest absolute Gasteiger partial charge is 0.372 e. The van der Waals surface area contributed by atoms with Crippen LogP contribution in [0.3, 0.4) is 0 Å². The first-order valence-corrected chi connectivity index (χ1v) is 9.16. The van der Waals surface area contributed by atoms with Gasteiger partial charge in [0, 0.05) is 31.9 Å². The summed E-state index contributed by atoms with van der Waals surface area (Å²) in [7, 11) is 0. The molecular formula is C18H26ClN3O2. The second-order valence-corrected chi connectivity index (χ2v) is 7.21. The average Bonchev–Trinajstić information content (AvgIpc) is 2.55. The number of morpholine rings is 1. The first-order chi connectivity index (χ1) is 11.5. The molecule has 3 rings (SSSR count). The molecule has 2 aliphatic rings. The fourth-order valence-corrected chi connectivity index (χ4v) is 3.82. The molecule has 2 aliphatic heterocycles. The summed E-state index contributed by atoms with van der Waals surface area (Å²) in [4.78, 5) is 16.6. The first-order valence-electron chi connectivity index (χ1n) is 8.79. The minimum atomic E-state index is -0.0983. The van der Waals surface area contributed by atoms with Crippen LogP contribution in [0, 0.1) is 0 Å².